The minimum atomic E-state index is -3.78. The Labute approximate surface area is 161 Å². The molecule has 144 valence electrons. The fourth-order valence-electron chi connectivity index (χ4n) is 2.66. The molecule has 0 aliphatic carbocycles. The molecule has 3 rings (SSSR count). The van der Waals surface area contributed by atoms with Crippen molar-refractivity contribution in [1.29, 1.82) is 0 Å². The molecule has 9 heteroatoms. The highest BCUT2D eigenvalue weighted by Gasteiger charge is 2.15. The first-order valence-corrected chi connectivity index (χ1v) is 11.0. The molecule has 0 saturated carbocycles. The van der Waals surface area contributed by atoms with Crippen LogP contribution < -0.4 is 9.88 Å². The monoisotopic (exact) mass is 409 g/mol. The number of hydrogen-bond donors (Lipinski definition) is 1. The SMILES string of the molecule is CCCn1c(SCCOc2ccccc2F)nc2cc(S(N)(=O)=O)ccc21. The smallest absolute Gasteiger partial charge is 0.238 e. The van der Waals surface area contributed by atoms with E-state index < -0.39 is 15.8 Å². The van der Waals surface area contributed by atoms with E-state index in [-0.39, 0.29) is 10.6 Å². The van der Waals surface area contributed by atoms with Crippen LogP contribution >= 0.6 is 11.8 Å². The Kier molecular flexibility index (Phi) is 6.03. The Balaban J connectivity index is 1.76. The van der Waals surface area contributed by atoms with Crippen molar-refractivity contribution < 1.29 is 17.5 Å². The molecule has 2 aromatic carbocycles. The van der Waals surface area contributed by atoms with E-state index in [2.05, 4.69) is 11.9 Å². The number of sulfonamides is 1. The van der Waals surface area contributed by atoms with Gasteiger partial charge in [0.2, 0.25) is 10.0 Å². The van der Waals surface area contributed by atoms with Crippen molar-refractivity contribution in [2.24, 2.45) is 5.14 Å². The Morgan fingerprint density at radius 3 is 2.74 bits per heavy atom. The largest absolute Gasteiger partial charge is 0.490 e. The van der Waals surface area contributed by atoms with Crippen LogP contribution in [0.5, 0.6) is 5.75 Å². The Bertz CT molecular complexity index is 1050. The maximum Gasteiger partial charge on any atom is 0.238 e. The number of rotatable bonds is 8. The Morgan fingerprint density at radius 1 is 1.26 bits per heavy atom. The molecule has 0 aliphatic heterocycles. The number of para-hydroxylation sites is 1. The zero-order chi connectivity index (χ0) is 19.4. The van der Waals surface area contributed by atoms with Crippen molar-refractivity contribution in [3.63, 3.8) is 0 Å². The van der Waals surface area contributed by atoms with Gasteiger partial charge in [0.1, 0.15) is 0 Å². The molecule has 0 radical (unpaired) electrons. The van der Waals surface area contributed by atoms with E-state index in [9.17, 15) is 12.8 Å². The number of hydrogen-bond acceptors (Lipinski definition) is 5. The second-order valence-electron chi connectivity index (χ2n) is 5.87. The van der Waals surface area contributed by atoms with Crippen molar-refractivity contribution in [1.82, 2.24) is 9.55 Å². The summed E-state index contributed by atoms with van der Waals surface area (Å²) in [5.41, 5.74) is 1.43. The van der Waals surface area contributed by atoms with Crippen molar-refractivity contribution >= 4 is 32.8 Å². The summed E-state index contributed by atoms with van der Waals surface area (Å²) in [7, 11) is -3.78. The first kappa shape index (κ1) is 19.7. The van der Waals surface area contributed by atoms with Crippen LogP contribution in [0.1, 0.15) is 13.3 Å². The molecule has 0 saturated heterocycles. The van der Waals surface area contributed by atoms with Crippen LogP contribution in [0.4, 0.5) is 4.39 Å². The van der Waals surface area contributed by atoms with Crippen LogP contribution in [0.2, 0.25) is 0 Å². The summed E-state index contributed by atoms with van der Waals surface area (Å²) in [4.78, 5) is 4.58. The van der Waals surface area contributed by atoms with Crippen LogP contribution in [0.15, 0.2) is 52.5 Å². The number of nitrogens with two attached hydrogens (primary N) is 1. The first-order valence-electron chi connectivity index (χ1n) is 8.43. The highest BCUT2D eigenvalue weighted by molar-refractivity contribution is 7.99. The molecule has 3 aromatic rings. The van der Waals surface area contributed by atoms with E-state index >= 15 is 0 Å². The van der Waals surface area contributed by atoms with Crippen LogP contribution in [-0.4, -0.2) is 30.3 Å². The number of fused-ring (bicyclic) bond motifs is 1. The van der Waals surface area contributed by atoms with E-state index in [0.29, 0.717) is 17.9 Å². The number of ether oxygens (including phenoxy) is 1. The number of primary sulfonamides is 1. The van der Waals surface area contributed by atoms with Crippen molar-refractivity contribution in [2.75, 3.05) is 12.4 Å². The van der Waals surface area contributed by atoms with Crippen molar-refractivity contribution in [2.45, 2.75) is 29.9 Å². The van der Waals surface area contributed by atoms with Gasteiger partial charge in [-0.05, 0) is 36.8 Å². The Morgan fingerprint density at radius 2 is 2.04 bits per heavy atom. The predicted octanol–water partition coefficient (Wildman–Crippen LogP) is 3.40. The zero-order valence-electron chi connectivity index (χ0n) is 14.8. The van der Waals surface area contributed by atoms with Gasteiger partial charge in [0.25, 0.3) is 0 Å². The second-order valence-corrected chi connectivity index (χ2v) is 8.49. The lowest BCUT2D eigenvalue weighted by molar-refractivity contribution is 0.325. The van der Waals surface area contributed by atoms with Gasteiger partial charge in [-0.2, -0.15) is 0 Å². The van der Waals surface area contributed by atoms with Crippen molar-refractivity contribution in [3.05, 3.63) is 48.3 Å². The molecular formula is C18H20FN3O3S2. The molecular weight excluding hydrogens is 389 g/mol. The van der Waals surface area contributed by atoms with Crippen LogP contribution in [-0.2, 0) is 16.6 Å². The van der Waals surface area contributed by atoms with Gasteiger partial charge in [-0.25, -0.2) is 22.9 Å². The van der Waals surface area contributed by atoms with E-state index in [1.165, 1.54) is 30.0 Å². The standard InChI is InChI=1S/C18H20FN3O3S2/c1-2-9-22-16-8-7-13(27(20,23)24)12-15(16)21-18(22)26-11-10-25-17-6-4-3-5-14(17)19/h3-8,12H,2,9-11H2,1H3,(H2,20,23,24). The summed E-state index contributed by atoms with van der Waals surface area (Å²) in [5, 5.41) is 5.96. The molecule has 0 unspecified atom stereocenters. The summed E-state index contributed by atoms with van der Waals surface area (Å²) in [6.45, 7) is 3.13. The maximum absolute atomic E-state index is 13.6. The van der Waals surface area contributed by atoms with Crippen LogP contribution in [0.25, 0.3) is 11.0 Å². The molecule has 0 bridgehead atoms. The van der Waals surface area contributed by atoms with Crippen LogP contribution in [0.3, 0.4) is 0 Å². The minimum Gasteiger partial charge on any atom is -0.490 e. The molecule has 6 nitrogen and oxygen atoms in total. The summed E-state index contributed by atoms with van der Waals surface area (Å²) < 4.78 is 44.2. The van der Waals surface area contributed by atoms with Gasteiger partial charge in [-0.1, -0.05) is 30.8 Å². The topological polar surface area (TPSA) is 87.2 Å². The average molecular weight is 410 g/mol. The fourth-order valence-corrected chi connectivity index (χ4v) is 4.05. The van der Waals surface area contributed by atoms with Gasteiger partial charge >= 0.3 is 0 Å². The van der Waals surface area contributed by atoms with Gasteiger partial charge in [0, 0.05) is 12.3 Å². The van der Waals surface area contributed by atoms with Crippen molar-refractivity contribution in [3.8, 4) is 5.75 Å². The third kappa shape index (κ3) is 4.60. The molecule has 1 heterocycles. The number of aromatic nitrogens is 2. The predicted molar refractivity (Wildman–Crippen MR) is 104 cm³/mol. The van der Waals surface area contributed by atoms with Gasteiger partial charge in [0.15, 0.2) is 16.7 Å². The number of nitrogens with zero attached hydrogens (tertiary/aromatic N) is 2. The summed E-state index contributed by atoms with van der Waals surface area (Å²) in [5.74, 6) is 0.401. The molecule has 0 aliphatic rings. The minimum absolute atomic E-state index is 0.0376. The number of thioether (sulfide) groups is 1. The lowest BCUT2D eigenvalue weighted by Gasteiger charge is -2.09. The Hall–Kier alpha value is -2.10. The molecule has 0 amide bonds. The average Bonchev–Trinajstić information content (AvgIpc) is 2.97. The molecule has 2 N–H and O–H groups in total. The lowest BCUT2D eigenvalue weighted by atomic mass is 10.3. The van der Waals surface area contributed by atoms with E-state index in [1.54, 1.807) is 24.3 Å². The first-order chi connectivity index (χ1) is 12.9. The maximum atomic E-state index is 13.6. The fraction of sp³-hybridized carbons (Fsp3) is 0.278. The van der Waals surface area contributed by atoms with E-state index in [1.807, 2.05) is 4.57 Å². The third-order valence-electron chi connectivity index (χ3n) is 3.87. The number of halogens is 1. The highest BCUT2D eigenvalue weighted by atomic mass is 32.2. The number of aryl methyl sites for hydroxylation is 1. The van der Waals surface area contributed by atoms with Gasteiger partial charge < -0.3 is 9.30 Å². The van der Waals surface area contributed by atoms with Gasteiger partial charge in [-0.3, -0.25) is 0 Å². The molecule has 27 heavy (non-hydrogen) atoms. The van der Waals surface area contributed by atoms with E-state index in [0.717, 1.165) is 23.6 Å². The van der Waals surface area contributed by atoms with Gasteiger partial charge in [0.05, 0.1) is 22.5 Å². The van der Waals surface area contributed by atoms with Gasteiger partial charge in [-0.15, -0.1) is 0 Å². The quantitative estimate of drug-likeness (QED) is 0.455. The molecule has 1 aromatic heterocycles. The zero-order valence-corrected chi connectivity index (χ0v) is 16.4. The summed E-state index contributed by atoms with van der Waals surface area (Å²) in [6, 6.07) is 11.0. The summed E-state index contributed by atoms with van der Waals surface area (Å²) in [6.07, 6.45) is 0.904. The normalized spacial score (nSPS) is 11.8. The second kappa shape index (κ2) is 8.28. The summed E-state index contributed by atoms with van der Waals surface area (Å²) >= 11 is 1.47. The lowest BCUT2D eigenvalue weighted by Crippen LogP contribution is -2.11. The van der Waals surface area contributed by atoms with E-state index in [4.69, 9.17) is 9.88 Å². The third-order valence-corrected chi connectivity index (χ3v) is 5.72. The van der Waals surface area contributed by atoms with Crippen LogP contribution in [0, 0.1) is 5.82 Å². The molecule has 0 spiro atoms. The number of benzene rings is 2. The number of imidazole rings is 1. The molecule has 0 fully saturated rings. The molecule has 0 atom stereocenters. The highest BCUT2D eigenvalue weighted by Crippen LogP contribution is 2.26.